The van der Waals surface area contributed by atoms with Gasteiger partial charge in [0.05, 0.1) is 12.8 Å². The van der Waals surface area contributed by atoms with Gasteiger partial charge < -0.3 is 9.47 Å². The van der Waals surface area contributed by atoms with E-state index in [1.165, 1.54) is 5.01 Å². The number of hydrogen-bond donors (Lipinski definition) is 1. The zero-order chi connectivity index (χ0) is 21.8. The lowest BCUT2D eigenvalue weighted by Crippen LogP contribution is -2.35. The van der Waals surface area contributed by atoms with E-state index >= 15 is 0 Å². The van der Waals surface area contributed by atoms with Crippen molar-refractivity contribution in [2.24, 2.45) is 0 Å². The van der Waals surface area contributed by atoms with Gasteiger partial charge in [-0.2, -0.15) is 0 Å². The monoisotopic (exact) mass is 414 g/mol. The lowest BCUT2D eigenvalue weighted by atomic mass is 10.1. The van der Waals surface area contributed by atoms with E-state index in [1.807, 2.05) is 37.3 Å². The molecular weight excluding hydrogens is 392 g/mol. The Kier molecular flexibility index (Phi) is 5.71. The van der Waals surface area contributed by atoms with Crippen LogP contribution in [0.3, 0.4) is 0 Å². The minimum Gasteiger partial charge on any atom is -0.493 e. The first-order valence-corrected chi connectivity index (χ1v) is 9.84. The van der Waals surface area contributed by atoms with E-state index < -0.39 is 11.8 Å². The van der Waals surface area contributed by atoms with Gasteiger partial charge in [-0.25, -0.2) is 5.01 Å². The van der Waals surface area contributed by atoms with Crippen molar-refractivity contribution in [1.29, 1.82) is 0 Å². The van der Waals surface area contributed by atoms with Crippen LogP contribution in [0.5, 0.6) is 11.5 Å². The standard InChI is InChI=1S/C25H22N2O4/c1-17-8-6-7-9-19(17)16-31-22-13-12-18(15-23(22)30-2)14-21-24(28)26-27(25(21)29)20-10-4-3-5-11-20/h3-15H,16H2,1-2H3,(H,26,28). The smallest absolute Gasteiger partial charge is 0.282 e. The van der Waals surface area contributed by atoms with E-state index in [9.17, 15) is 9.59 Å². The van der Waals surface area contributed by atoms with Crippen LogP contribution in [-0.4, -0.2) is 18.9 Å². The topological polar surface area (TPSA) is 67.9 Å². The molecule has 6 heteroatoms. The van der Waals surface area contributed by atoms with Crippen LogP contribution < -0.4 is 19.9 Å². The van der Waals surface area contributed by atoms with Crippen molar-refractivity contribution in [1.82, 2.24) is 5.43 Å². The van der Waals surface area contributed by atoms with E-state index in [2.05, 4.69) is 5.43 Å². The van der Waals surface area contributed by atoms with Crippen LogP contribution in [-0.2, 0) is 16.2 Å². The predicted molar refractivity (Wildman–Crippen MR) is 119 cm³/mol. The summed E-state index contributed by atoms with van der Waals surface area (Å²) < 4.78 is 11.4. The molecule has 1 aliphatic rings. The molecule has 1 heterocycles. The van der Waals surface area contributed by atoms with Gasteiger partial charge in [0.2, 0.25) is 0 Å². The van der Waals surface area contributed by atoms with Gasteiger partial charge in [-0.3, -0.25) is 15.0 Å². The number of anilines is 1. The van der Waals surface area contributed by atoms with Crippen LogP contribution in [0, 0.1) is 6.92 Å². The third kappa shape index (κ3) is 4.28. The van der Waals surface area contributed by atoms with Crippen LogP contribution in [0.2, 0.25) is 0 Å². The van der Waals surface area contributed by atoms with Gasteiger partial charge in [0, 0.05) is 0 Å². The Labute approximate surface area is 180 Å². The van der Waals surface area contributed by atoms with Gasteiger partial charge >= 0.3 is 0 Å². The summed E-state index contributed by atoms with van der Waals surface area (Å²) in [5.41, 5.74) is 6.15. The maximum absolute atomic E-state index is 12.8. The number of para-hydroxylation sites is 1. The number of hydrogen-bond acceptors (Lipinski definition) is 4. The molecule has 0 unspecified atom stereocenters. The van der Waals surface area contributed by atoms with Crippen molar-refractivity contribution in [2.75, 3.05) is 12.1 Å². The third-order valence-electron chi connectivity index (χ3n) is 5.05. The first-order chi connectivity index (χ1) is 15.1. The average molecular weight is 414 g/mol. The second kappa shape index (κ2) is 8.75. The molecule has 0 aliphatic carbocycles. The molecule has 3 aromatic carbocycles. The van der Waals surface area contributed by atoms with Crippen LogP contribution in [0.15, 0.2) is 78.4 Å². The maximum Gasteiger partial charge on any atom is 0.282 e. The molecule has 0 saturated carbocycles. The van der Waals surface area contributed by atoms with E-state index in [0.29, 0.717) is 29.4 Å². The number of carbonyl (C=O) groups excluding carboxylic acids is 2. The molecule has 0 atom stereocenters. The molecule has 1 N–H and O–H groups in total. The second-order valence-electron chi connectivity index (χ2n) is 7.10. The highest BCUT2D eigenvalue weighted by atomic mass is 16.5. The minimum absolute atomic E-state index is 0.0551. The van der Waals surface area contributed by atoms with Gasteiger partial charge in [0.25, 0.3) is 11.8 Å². The zero-order valence-corrected chi connectivity index (χ0v) is 17.3. The summed E-state index contributed by atoms with van der Waals surface area (Å²) in [6, 6.07) is 22.3. The van der Waals surface area contributed by atoms with Crippen LogP contribution >= 0.6 is 0 Å². The Morgan fingerprint density at radius 1 is 0.935 bits per heavy atom. The van der Waals surface area contributed by atoms with E-state index in [1.54, 1.807) is 55.7 Å². The highest BCUT2D eigenvalue weighted by Gasteiger charge is 2.34. The molecule has 0 bridgehead atoms. The normalized spacial score (nSPS) is 14.6. The number of hydrazine groups is 1. The minimum atomic E-state index is -0.451. The Morgan fingerprint density at radius 3 is 2.42 bits per heavy atom. The quantitative estimate of drug-likeness (QED) is 0.488. The summed E-state index contributed by atoms with van der Waals surface area (Å²) in [6.45, 7) is 2.45. The molecular formula is C25H22N2O4. The molecule has 4 rings (SSSR count). The summed E-state index contributed by atoms with van der Waals surface area (Å²) in [5.74, 6) is 0.248. The van der Waals surface area contributed by atoms with E-state index in [4.69, 9.17) is 9.47 Å². The van der Waals surface area contributed by atoms with Crippen molar-refractivity contribution in [3.8, 4) is 11.5 Å². The molecule has 0 spiro atoms. The van der Waals surface area contributed by atoms with E-state index in [-0.39, 0.29) is 5.57 Å². The molecule has 1 aliphatic heterocycles. The Hall–Kier alpha value is -4.06. The van der Waals surface area contributed by atoms with Gasteiger partial charge in [-0.1, -0.05) is 48.5 Å². The van der Waals surface area contributed by atoms with Gasteiger partial charge in [-0.05, 0) is 54.0 Å². The van der Waals surface area contributed by atoms with Crippen molar-refractivity contribution in [3.05, 3.63) is 95.1 Å². The third-order valence-corrected chi connectivity index (χ3v) is 5.05. The van der Waals surface area contributed by atoms with Gasteiger partial charge in [-0.15, -0.1) is 0 Å². The molecule has 0 aromatic heterocycles. The summed E-state index contributed by atoms with van der Waals surface area (Å²) in [4.78, 5) is 25.1. The molecule has 2 amide bonds. The number of ether oxygens (including phenoxy) is 2. The molecule has 6 nitrogen and oxygen atoms in total. The van der Waals surface area contributed by atoms with Gasteiger partial charge in [0.15, 0.2) is 11.5 Å². The number of rotatable bonds is 6. The highest BCUT2D eigenvalue weighted by molar-refractivity contribution is 6.31. The van der Waals surface area contributed by atoms with E-state index in [0.717, 1.165) is 11.1 Å². The SMILES string of the molecule is COc1cc(C=C2C(=O)NN(c3ccccc3)C2=O)ccc1OCc1ccccc1C. The number of amides is 2. The van der Waals surface area contributed by atoms with Crippen molar-refractivity contribution < 1.29 is 19.1 Å². The lowest BCUT2D eigenvalue weighted by Gasteiger charge is -2.14. The molecule has 156 valence electrons. The Balaban J connectivity index is 1.55. The number of methoxy groups -OCH3 is 1. The highest BCUT2D eigenvalue weighted by Crippen LogP contribution is 2.30. The lowest BCUT2D eigenvalue weighted by molar-refractivity contribution is -0.117. The molecule has 1 fully saturated rings. The fourth-order valence-electron chi connectivity index (χ4n) is 3.30. The summed E-state index contributed by atoms with van der Waals surface area (Å²) in [6.07, 6.45) is 1.55. The van der Waals surface area contributed by atoms with Crippen molar-refractivity contribution >= 4 is 23.6 Å². The van der Waals surface area contributed by atoms with Crippen LogP contribution in [0.1, 0.15) is 16.7 Å². The fourth-order valence-corrected chi connectivity index (χ4v) is 3.30. The summed E-state index contributed by atoms with van der Waals surface area (Å²) in [5, 5.41) is 1.24. The molecule has 0 radical (unpaired) electrons. The van der Waals surface area contributed by atoms with Crippen LogP contribution in [0.25, 0.3) is 6.08 Å². The second-order valence-corrected chi connectivity index (χ2v) is 7.10. The summed E-state index contributed by atoms with van der Waals surface area (Å²) >= 11 is 0. The van der Waals surface area contributed by atoms with Crippen molar-refractivity contribution in [2.45, 2.75) is 13.5 Å². The van der Waals surface area contributed by atoms with Crippen molar-refractivity contribution in [3.63, 3.8) is 0 Å². The largest absolute Gasteiger partial charge is 0.493 e. The Morgan fingerprint density at radius 2 is 1.68 bits per heavy atom. The fraction of sp³-hybridized carbons (Fsp3) is 0.120. The van der Waals surface area contributed by atoms with Crippen LogP contribution in [0.4, 0.5) is 5.69 Å². The number of nitrogens with one attached hydrogen (secondary N) is 1. The molecule has 3 aromatic rings. The first-order valence-electron chi connectivity index (χ1n) is 9.84. The van der Waals surface area contributed by atoms with Gasteiger partial charge in [0.1, 0.15) is 12.2 Å². The average Bonchev–Trinajstić information content (AvgIpc) is 3.08. The number of aryl methyl sites for hydroxylation is 1. The molecule has 1 saturated heterocycles. The summed E-state index contributed by atoms with van der Waals surface area (Å²) in [7, 11) is 1.55. The number of benzene rings is 3. The molecule has 31 heavy (non-hydrogen) atoms. The predicted octanol–water partition coefficient (Wildman–Crippen LogP) is 4.04. The first kappa shape index (κ1) is 20.2. The number of carbonyl (C=O) groups is 2. The number of nitrogens with zero attached hydrogens (tertiary/aromatic N) is 1. The zero-order valence-electron chi connectivity index (χ0n) is 17.3. The Bertz CT molecular complexity index is 1160. The maximum atomic E-state index is 12.8.